The van der Waals surface area contributed by atoms with Crippen molar-refractivity contribution in [2.24, 2.45) is 5.73 Å². The second-order valence-corrected chi connectivity index (χ2v) is 5.19. The molecule has 20 heavy (non-hydrogen) atoms. The second-order valence-electron chi connectivity index (χ2n) is 5.19. The lowest BCUT2D eigenvalue weighted by Gasteiger charge is -2.27. The second kappa shape index (κ2) is 6.20. The average molecular weight is 276 g/mol. The first kappa shape index (κ1) is 14.8. The highest BCUT2D eigenvalue weighted by Crippen LogP contribution is 2.25. The highest BCUT2D eigenvalue weighted by molar-refractivity contribution is 5.27. The van der Waals surface area contributed by atoms with Crippen LogP contribution < -0.4 is 5.73 Å². The van der Waals surface area contributed by atoms with E-state index in [4.69, 9.17) is 10.2 Å². The summed E-state index contributed by atoms with van der Waals surface area (Å²) in [4.78, 5) is 2.05. The van der Waals surface area contributed by atoms with Crippen LogP contribution >= 0.6 is 0 Å². The van der Waals surface area contributed by atoms with Gasteiger partial charge in [0, 0.05) is 30.3 Å². The molecular weight excluding hydrogens is 255 g/mol. The van der Waals surface area contributed by atoms with E-state index >= 15 is 0 Å². The van der Waals surface area contributed by atoms with Gasteiger partial charge < -0.3 is 10.2 Å². The largest absolute Gasteiger partial charge is 0.469 e. The Hall–Kier alpha value is -1.65. The summed E-state index contributed by atoms with van der Waals surface area (Å²) in [5, 5.41) is 0. The smallest absolute Gasteiger partial charge is 0.128 e. The third-order valence-electron chi connectivity index (χ3n) is 3.65. The standard InChI is InChI=1S/C16H21FN2O/c1-11-4-5-15(17)14(8-11)16(9-18)19(3)10-13-6-7-20-12(13)2/h4-8,16H,9-10,18H2,1-3H3. The number of benzene rings is 1. The molecule has 1 aromatic heterocycles. The lowest BCUT2D eigenvalue weighted by Crippen LogP contribution is -2.31. The minimum Gasteiger partial charge on any atom is -0.469 e. The molecule has 0 saturated heterocycles. The molecule has 0 saturated carbocycles. The minimum atomic E-state index is -0.207. The third kappa shape index (κ3) is 3.08. The van der Waals surface area contributed by atoms with Crippen LogP contribution in [0.15, 0.2) is 34.9 Å². The van der Waals surface area contributed by atoms with Gasteiger partial charge >= 0.3 is 0 Å². The third-order valence-corrected chi connectivity index (χ3v) is 3.65. The Morgan fingerprint density at radius 1 is 1.30 bits per heavy atom. The molecule has 0 radical (unpaired) electrons. The zero-order chi connectivity index (χ0) is 14.7. The van der Waals surface area contributed by atoms with Gasteiger partial charge in [0.1, 0.15) is 11.6 Å². The molecule has 0 spiro atoms. The summed E-state index contributed by atoms with van der Waals surface area (Å²) in [6.45, 7) is 4.93. The van der Waals surface area contributed by atoms with Crippen molar-refractivity contribution in [2.45, 2.75) is 26.4 Å². The van der Waals surface area contributed by atoms with Crippen molar-refractivity contribution < 1.29 is 8.81 Å². The summed E-state index contributed by atoms with van der Waals surface area (Å²) < 4.78 is 19.3. The number of hydrogen-bond acceptors (Lipinski definition) is 3. The van der Waals surface area contributed by atoms with Gasteiger partial charge in [0.25, 0.3) is 0 Å². The van der Waals surface area contributed by atoms with Gasteiger partial charge in [-0.1, -0.05) is 17.7 Å². The maximum absolute atomic E-state index is 14.0. The summed E-state index contributed by atoms with van der Waals surface area (Å²) in [5.41, 5.74) is 8.64. The van der Waals surface area contributed by atoms with Gasteiger partial charge in [0.2, 0.25) is 0 Å². The maximum atomic E-state index is 14.0. The topological polar surface area (TPSA) is 42.4 Å². The molecule has 0 aliphatic carbocycles. The zero-order valence-electron chi connectivity index (χ0n) is 12.2. The van der Waals surface area contributed by atoms with Crippen LogP contribution in [-0.2, 0) is 6.54 Å². The summed E-state index contributed by atoms with van der Waals surface area (Å²) in [5.74, 6) is 0.680. The number of nitrogens with zero attached hydrogens (tertiary/aromatic N) is 1. The Kier molecular flexibility index (Phi) is 4.57. The monoisotopic (exact) mass is 276 g/mol. The Morgan fingerprint density at radius 3 is 2.65 bits per heavy atom. The van der Waals surface area contributed by atoms with E-state index < -0.39 is 0 Å². The van der Waals surface area contributed by atoms with Crippen LogP contribution in [0, 0.1) is 19.7 Å². The van der Waals surface area contributed by atoms with Crippen molar-refractivity contribution >= 4 is 0 Å². The van der Waals surface area contributed by atoms with Crippen LogP contribution in [0.3, 0.4) is 0 Å². The molecule has 0 aliphatic heterocycles. The average Bonchev–Trinajstić information content (AvgIpc) is 2.80. The van der Waals surface area contributed by atoms with Gasteiger partial charge in [-0.2, -0.15) is 0 Å². The first-order valence-electron chi connectivity index (χ1n) is 6.72. The highest BCUT2D eigenvalue weighted by Gasteiger charge is 2.20. The fraction of sp³-hybridized carbons (Fsp3) is 0.375. The fourth-order valence-corrected chi connectivity index (χ4v) is 2.42. The molecule has 108 valence electrons. The minimum absolute atomic E-state index is 0.149. The number of furan rings is 1. The summed E-state index contributed by atoms with van der Waals surface area (Å²) in [6, 6.07) is 6.93. The van der Waals surface area contributed by atoms with E-state index in [9.17, 15) is 4.39 Å². The van der Waals surface area contributed by atoms with Crippen molar-refractivity contribution in [1.82, 2.24) is 4.90 Å². The van der Waals surface area contributed by atoms with Crippen LogP contribution in [-0.4, -0.2) is 18.5 Å². The SMILES string of the molecule is Cc1ccc(F)c(C(CN)N(C)Cc2ccoc2C)c1. The van der Waals surface area contributed by atoms with Crippen LogP contribution in [0.5, 0.6) is 0 Å². The molecule has 1 unspecified atom stereocenters. The van der Waals surface area contributed by atoms with Crippen molar-refractivity contribution in [3.8, 4) is 0 Å². The van der Waals surface area contributed by atoms with E-state index in [1.807, 2.05) is 33.0 Å². The lowest BCUT2D eigenvalue weighted by atomic mass is 10.0. The van der Waals surface area contributed by atoms with Crippen LogP contribution in [0.1, 0.15) is 28.5 Å². The van der Waals surface area contributed by atoms with E-state index in [1.165, 1.54) is 6.07 Å². The molecule has 0 fully saturated rings. The summed E-state index contributed by atoms with van der Waals surface area (Å²) >= 11 is 0. The van der Waals surface area contributed by atoms with Crippen molar-refractivity contribution in [3.63, 3.8) is 0 Å². The number of halogens is 1. The predicted octanol–water partition coefficient (Wildman–Crippen LogP) is 3.17. The molecule has 1 heterocycles. The lowest BCUT2D eigenvalue weighted by molar-refractivity contribution is 0.235. The molecule has 0 aliphatic rings. The van der Waals surface area contributed by atoms with Gasteiger partial charge in [-0.15, -0.1) is 0 Å². The van der Waals surface area contributed by atoms with E-state index in [2.05, 4.69) is 4.90 Å². The van der Waals surface area contributed by atoms with Crippen LogP contribution in [0.2, 0.25) is 0 Å². The molecular formula is C16H21FN2O. The number of aryl methyl sites for hydroxylation is 2. The van der Waals surface area contributed by atoms with Crippen molar-refractivity contribution in [1.29, 1.82) is 0 Å². The summed E-state index contributed by atoms with van der Waals surface area (Å²) in [7, 11) is 1.95. The van der Waals surface area contributed by atoms with E-state index in [1.54, 1.807) is 12.3 Å². The van der Waals surface area contributed by atoms with Gasteiger partial charge in [-0.3, -0.25) is 4.90 Å². The quantitative estimate of drug-likeness (QED) is 0.912. The Labute approximate surface area is 119 Å². The van der Waals surface area contributed by atoms with Gasteiger partial charge in [0.05, 0.1) is 6.26 Å². The van der Waals surface area contributed by atoms with Gasteiger partial charge in [-0.25, -0.2) is 4.39 Å². The molecule has 2 rings (SSSR count). The Balaban J connectivity index is 2.23. The highest BCUT2D eigenvalue weighted by atomic mass is 19.1. The van der Waals surface area contributed by atoms with Gasteiger partial charge in [-0.05, 0) is 33.0 Å². The molecule has 1 aromatic carbocycles. The number of hydrogen-bond donors (Lipinski definition) is 1. The molecule has 0 bridgehead atoms. The molecule has 2 aromatic rings. The zero-order valence-corrected chi connectivity index (χ0v) is 12.2. The first-order chi connectivity index (χ1) is 9.52. The molecule has 2 N–H and O–H groups in total. The number of likely N-dealkylation sites (N-methyl/N-ethyl adjacent to an activating group) is 1. The fourth-order valence-electron chi connectivity index (χ4n) is 2.42. The van der Waals surface area contributed by atoms with Gasteiger partial charge in [0.15, 0.2) is 0 Å². The molecule has 0 amide bonds. The molecule has 1 atom stereocenters. The van der Waals surface area contributed by atoms with Crippen LogP contribution in [0.25, 0.3) is 0 Å². The maximum Gasteiger partial charge on any atom is 0.128 e. The number of nitrogens with two attached hydrogens (primary N) is 1. The van der Waals surface area contributed by atoms with Crippen molar-refractivity contribution in [3.05, 3.63) is 58.8 Å². The van der Waals surface area contributed by atoms with E-state index in [-0.39, 0.29) is 11.9 Å². The molecule has 4 heteroatoms. The molecule has 3 nitrogen and oxygen atoms in total. The Morgan fingerprint density at radius 2 is 2.05 bits per heavy atom. The normalized spacial score (nSPS) is 12.9. The van der Waals surface area contributed by atoms with Crippen molar-refractivity contribution in [2.75, 3.05) is 13.6 Å². The first-order valence-corrected chi connectivity index (χ1v) is 6.72. The van der Waals surface area contributed by atoms with E-state index in [0.717, 1.165) is 16.9 Å². The number of rotatable bonds is 5. The van der Waals surface area contributed by atoms with Crippen LogP contribution in [0.4, 0.5) is 4.39 Å². The summed E-state index contributed by atoms with van der Waals surface area (Å²) in [6.07, 6.45) is 1.67. The predicted molar refractivity (Wildman–Crippen MR) is 77.8 cm³/mol. The van der Waals surface area contributed by atoms with E-state index in [0.29, 0.717) is 18.7 Å². The Bertz CT molecular complexity index is 580.